The van der Waals surface area contributed by atoms with E-state index in [1.807, 2.05) is 6.07 Å². The van der Waals surface area contributed by atoms with Gasteiger partial charge in [-0.3, -0.25) is 0 Å². The molecule has 0 spiro atoms. The number of rotatable bonds is 1. The van der Waals surface area contributed by atoms with E-state index in [0.717, 1.165) is 33.4 Å². The van der Waals surface area contributed by atoms with Gasteiger partial charge < -0.3 is 4.74 Å². The van der Waals surface area contributed by atoms with Gasteiger partial charge in [-0.2, -0.15) is 5.26 Å². The molecule has 0 N–H and O–H groups in total. The number of hydrogen-bond acceptors (Lipinski definition) is 2. The summed E-state index contributed by atoms with van der Waals surface area (Å²) in [6.45, 7) is 2.17. The van der Waals surface area contributed by atoms with Crippen LogP contribution >= 0.6 is 0 Å². The van der Waals surface area contributed by atoms with Gasteiger partial charge in [0.25, 0.3) is 0 Å². The van der Waals surface area contributed by atoms with Crippen molar-refractivity contribution in [3.05, 3.63) is 65.9 Å². The zero-order valence-corrected chi connectivity index (χ0v) is 14.7. The first-order valence-corrected chi connectivity index (χ1v) is 8.70. The molecule has 0 fully saturated rings. The molecule has 5 rings (SSSR count). The van der Waals surface area contributed by atoms with Crippen molar-refractivity contribution in [3.63, 3.8) is 0 Å². The predicted molar refractivity (Wildman–Crippen MR) is 102 cm³/mol. The molecular formula is C23H17N2O+. The fraction of sp³-hybridized carbons (Fsp3) is 0.130. The summed E-state index contributed by atoms with van der Waals surface area (Å²) >= 11 is 0. The summed E-state index contributed by atoms with van der Waals surface area (Å²) in [4.78, 5) is 0. The molecule has 26 heavy (non-hydrogen) atoms. The summed E-state index contributed by atoms with van der Waals surface area (Å²) in [5.41, 5.74) is 4.53. The van der Waals surface area contributed by atoms with Gasteiger partial charge in [-0.1, -0.05) is 24.3 Å². The lowest BCUT2D eigenvalue weighted by atomic mass is 9.91. The molecule has 0 unspecified atom stereocenters. The number of nitrogens with zero attached hydrogens (tertiary/aromatic N) is 2. The molecule has 3 nitrogen and oxygen atoms in total. The Morgan fingerprint density at radius 2 is 1.88 bits per heavy atom. The van der Waals surface area contributed by atoms with E-state index in [2.05, 4.69) is 73.3 Å². The van der Waals surface area contributed by atoms with Crippen LogP contribution in [0.1, 0.15) is 11.1 Å². The number of pyridine rings is 1. The summed E-state index contributed by atoms with van der Waals surface area (Å²) in [6, 6.07) is 19.0. The Labute approximate surface area is 151 Å². The fourth-order valence-electron chi connectivity index (χ4n) is 4.09. The van der Waals surface area contributed by atoms with Crippen LogP contribution in [0.4, 0.5) is 0 Å². The minimum Gasteiger partial charge on any atom is -0.456 e. The molecular weight excluding hydrogens is 320 g/mol. The molecule has 0 saturated heterocycles. The maximum Gasteiger partial charge on any atom is 0.228 e. The summed E-state index contributed by atoms with van der Waals surface area (Å²) in [7, 11) is 2.07. The van der Waals surface area contributed by atoms with Gasteiger partial charge in [-0.05, 0) is 52.4 Å². The van der Waals surface area contributed by atoms with Crippen molar-refractivity contribution >= 4 is 21.5 Å². The van der Waals surface area contributed by atoms with Crippen molar-refractivity contribution in [1.29, 1.82) is 5.26 Å². The molecule has 0 atom stereocenters. The number of aryl methyl sites for hydroxylation is 2. The molecule has 3 heteroatoms. The molecule has 0 radical (unpaired) electrons. The van der Waals surface area contributed by atoms with Gasteiger partial charge in [0.05, 0.1) is 23.4 Å². The number of fused-ring (bicyclic) bond motifs is 3. The number of hydrogen-bond donors (Lipinski definition) is 0. The summed E-state index contributed by atoms with van der Waals surface area (Å²) in [5.74, 6) is 1.71. The third kappa shape index (κ3) is 1.96. The zero-order valence-electron chi connectivity index (χ0n) is 14.7. The minimum atomic E-state index is 0.381. The van der Waals surface area contributed by atoms with Gasteiger partial charge in [0, 0.05) is 6.07 Å². The van der Waals surface area contributed by atoms with Gasteiger partial charge in [-0.15, -0.1) is 0 Å². The quantitative estimate of drug-likeness (QED) is 0.405. The second-order valence-corrected chi connectivity index (χ2v) is 6.87. The van der Waals surface area contributed by atoms with Crippen molar-refractivity contribution in [2.45, 2.75) is 13.3 Å². The highest BCUT2D eigenvalue weighted by Gasteiger charge is 2.30. The Hall–Kier alpha value is -3.38. The number of nitriles is 1. The molecule has 3 aromatic carbocycles. The highest BCUT2D eigenvalue weighted by Crippen LogP contribution is 2.48. The van der Waals surface area contributed by atoms with E-state index in [0.29, 0.717) is 6.42 Å². The van der Waals surface area contributed by atoms with E-state index in [4.69, 9.17) is 10.00 Å². The fourth-order valence-corrected chi connectivity index (χ4v) is 4.09. The van der Waals surface area contributed by atoms with Crippen LogP contribution in [0.2, 0.25) is 0 Å². The Balaban J connectivity index is 1.94. The van der Waals surface area contributed by atoms with Crippen LogP contribution in [-0.4, -0.2) is 0 Å². The van der Waals surface area contributed by atoms with Gasteiger partial charge in [-0.25, -0.2) is 4.57 Å². The predicted octanol–water partition coefficient (Wildman–Crippen LogP) is 4.96. The number of ether oxygens (including phenoxy) is 1. The topological polar surface area (TPSA) is 36.9 Å². The van der Waals surface area contributed by atoms with E-state index < -0.39 is 0 Å². The van der Waals surface area contributed by atoms with Crippen LogP contribution < -0.4 is 9.30 Å². The van der Waals surface area contributed by atoms with Crippen LogP contribution in [0.15, 0.2) is 54.7 Å². The maximum atomic E-state index is 9.09. The molecule has 0 aliphatic carbocycles. The molecule has 0 bridgehead atoms. The lowest BCUT2D eigenvalue weighted by Crippen LogP contribution is -2.31. The molecule has 2 heterocycles. The normalized spacial score (nSPS) is 11.9. The Kier molecular flexibility index (Phi) is 3.05. The first-order chi connectivity index (χ1) is 12.7. The van der Waals surface area contributed by atoms with Crippen LogP contribution in [0.3, 0.4) is 0 Å². The second-order valence-electron chi connectivity index (χ2n) is 6.87. The van der Waals surface area contributed by atoms with Crippen molar-refractivity contribution in [2.75, 3.05) is 0 Å². The number of benzene rings is 3. The number of aromatic nitrogens is 1. The van der Waals surface area contributed by atoms with E-state index >= 15 is 0 Å². The Morgan fingerprint density at radius 3 is 2.73 bits per heavy atom. The third-order valence-corrected chi connectivity index (χ3v) is 5.27. The first kappa shape index (κ1) is 14.9. The highest BCUT2D eigenvalue weighted by molar-refractivity contribution is 6.05. The van der Waals surface area contributed by atoms with Crippen LogP contribution in [0.5, 0.6) is 11.5 Å². The van der Waals surface area contributed by atoms with E-state index in [1.165, 1.54) is 22.0 Å². The lowest BCUT2D eigenvalue weighted by molar-refractivity contribution is -0.659. The smallest absolute Gasteiger partial charge is 0.228 e. The lowest BCUT2D eigenvalue weighted by Gasteiger charge is -2.22. The van der Waals surface area contributed by atoms with Crippen molar-refractivity contribution in [1.82, 2.24) is 0 Å². The molecule has 124 valence electrons. The molecule has 1 aromatic heterocycles. The molecule has 1 aliphatic heterocycles. The third-order valence-electron chi connectivity index (χ3n) is 5.27. The molecule has 0 saturated carbocycles. The Bertz CT molecular complexity index is 1270. The first-order valence-electron chi connectivity index (χ1n) is 8.70. The minimum absolute atomic E-state index is 0.381. The molecule has 1 aliphatic rings. The monoisotopic (exact) mass is 337 g/mol. The van der Waals surface area contributed by atoms with Crippen molar-refractivity contribution in [3.8, 4) is 28.8 Å². The van der Waals surface area contributed by atoms with Gasteiger partial charge in [0.2, 0.25) is 5.69 Å². The SMILES string of the molecule is Cc1c2c(cc3ccccc13)Oc1cc(CC#N)cc3cc[n+](C)c-2c13. The van der Waals surface area contributed by atoms with Gasteiger partial charge in [0.15, 0.2) is 6.20 Å². The summed E-state index contributed by atoms with van der Waals surface area (Å²) in [6.07, 6.45) is 2.47. The van der Waals surface area contributed by atoms with Crippen molar-refractivity contribution in [2.24, 2.45) is 7.05 Å². The van der Waals surface area contributed by atoms with Crippen molar-refractivity contribution < 1.29 is 9.30 Å². The average molecular weight is 337 g/mol. The standard InChI is InChI=1S/C23H17N2O/c1-14-18-6-4-3-5-16(18)13-20-21(14)23-22-17(8-10-25(23)2)11-15(7-9-24)12-19(22)26-20/h3-6,8,10-13H,7H2,1-2H3/q+1. The summed E-state index contributed by atoms with van der Waals surface area (Å²) in [5, 5.41) is 13.7. The Morgan fingerprint density at radius 1 is 1.04 bits per heavy atom. The van der Waals surface area contributed by atoms with Gasteiger partial charge in [0.1, 0.15) is 18.5 Å². The molecule has 4 aromatic rings. The van der Waals surface area contributed by atoms with Gasteiger partial charge >= 0.3 is 0 Å². The largest absolute Gasteiger partial charge is 0.456 e. The van der Waals surface area contributed by atoms with E-state index in [1.54, 1.807) is 0 Å². The zero-order chi connectivity index (χ0) is 17.8. The molecule has 0 amide bonds. The summed E-state index contributed by atoms with van der Waals surface area (Å²) < 4.78 is 8.52. The van der Waals surface area contributed by atoms with Crippen LogP contribution in [0.25, 0.3) is 32.8 Å². The average Bonchev–Trinajstić information content (AvgIpc) is 2.64. The van der Waals surface area contributed by atoms with E-state index in [-0.39, 0.29) is 0 Å². The van der Waals surface area contributed by atoms with Crippen LogP contribution in [0, 0.1) is 18.3 Å². The maximum absolute atomic E-state index is 9.09. The second kappa shape index (κ2) is 5.31. The van der Waals surface area contributed by atoms with Crippen LogP contribution in [-0.2, 0) is 13.5 Å². The van der Waals surface area contributed by atoms with E-state index in [9.17, 15) is 0 Å². The highest BCUT2D eigenvalue weighted by atomic mass is 16.5.